The molecule has 1 N–H and O–H groups in total. The van der Waals surface area contributed by atoms with Crippen LogP contribution in [0.5, 0.6) is 17.2 Å². The van der Waals surface area contributed by atoms with Gasteiger partial charge >= 0.3 is 0 Å². The number of carbonyl (C=O) groups excluding carboxylic acids is 1. The third-order valence-electron chi connectivity index (χ3n) is 4.48. The van der Waals surface area contributed by atoms with Crippen LogP contribution in [0.2, 0.25) is 0 Å². The van der Waals surface area contributed by atoms with Gasteiger partial charge in [0.1, 0.15) is 9.88 Å². The first-order valence-electron chi connectivity index (χ1n) is 8.57. The molecule has 1 aromatic heterocycles. The van der Waals surface area contributed by atoms with Crippen molar-refractivity contribution in [1.82, 2.24) is 10.3 Å². The van der Waals surface area contributed by atoms with Gasteiger partial charge < -0.3 is 19.5 Å². The molecular weight excluding hydrogens is 404 g/mol. The zero-order valence-electron chi connectivity index (χ0n) is 16.1. The monoisotopic (exact) mass is 426 g/mol. The van der Waals surface area contributed by atoms with Crippen LogP contribution >= 0.6 is 11.3 Å². The highest BCUT2D eigenvalue weighted by atomic mass is 32.2. The Labute approximate surface area is 167 Å². The van der Waals surface area contributed by atoms with E-state index in [1.54, 1.807) is 19.1 Å². The fraction of sp³-hybridized carbons (Fsp3) is 0.444. The number of carbonyl (C=O) groups is 1. The van der Waals surface area contributed by atoms with Crippen molar-refractivity contribution in [3.63, 3.8) is 0 Å². The van der Waals surface area contributed by atoms with E-state index >= 15 is 0 Å². The number of benzene rings is 1. The van der Waals surface area contributed by atoms with Crippen LogP contribution in [0.3, 0.4) is 0 Å². The van der Waals surface area contributed by atoms with Crippen LogP contribution in [0.1, 0.15) is 21.8 Å². The van der Waals surface area contributed by atoms with Crippen LogP contribution in [0, 0.1) is 6.92 Å². The average molecular weight is 427 g/mol. The molecule has 2 heterocycles. The zero-order valence-corrected chi connectivity index (χ0v) is 17.7. The Kier molecular flexibility index (Phi) is 5.80. The first kappa shape index (κ1) is 20.4. The second-order valence-electron chi connectivity index (χ2n) is 6.42. The molecule has 3 rings (SSSR count). The lowest BCUT2D eigenvalue weighted by molar-refractivity contribution is 0.0944. The third kappa shape index (κ3) is 4.07. The van der Waals surface area contributed by atoms with Gasteiger partial charge in [-0.05, 0) is 25.5 Å². The van der Waals surface area contributed by atoms with E-state index < -0.39 is 9.84 Å². The number of aromatic nitrogens is 1. The van der Waals surface area contributed by atoms with Gasteiger partial charge in [-0.25, -0.2) is 13.4 Å². The number of rotatable bonds is 6. The number of thiazole rings is 1. The average Bonchev–Trinajstić information content (AvgIpc) is 3.22. The van der Waals surface area contributed by atoms with E-state index in [-0.39, 0.29) is 23.5 Å². The summed E-state index contributed by atoms with van der Waals surface area (Å²) in [5, 5.41) is 3.43. The van der Waals surface area contributed by atoms with Gasteiger partial charge in [-0.3, -0.25) is 4.79 Å². The zero-order chi connectivity index (χ0) is 20.5. The predicted octanol–water partition coefficient (Wildman–Crippen LogP) is 2.06. The summed E-state index contributed by atoms with van der Waals surface area (Å²) in [4.78, 5) is 17.6. The summed E-state index contributed by atoms with van der Waals surface area (Å²) < 4.78 is 39.3. The van der Waals surface area contributed by atoms with Gasteiger partial charge in [0.25, 0.3) is 5.91 Å². The molecule has 0 aliphatic carbocycles. The van der Waals surface area contributed by atoms with E-state index in [0.29, 0.717) is 39.2 Å². The molecule has 10 heteroatoms. The van der Waals surface area contributed by atoms with Crippen LogP contribution < -0.4 is 19.5 Å². The fourth-order valence-electron chi connectivity index (χ4n) is 3.09. The third-order valence-corrected chi connectivity index (χ3v) is 7.46. The lowest BCUT2D eigenvalue weighted by atomic mass is 10.2. The van der Waals surface area contributed by atoms with Crippen molar-refractivity contribution in [2.45, 2.75) is 19.4 Å². The van der Waals surface area contributed by atoms with Crippen molar-refractivity contribution in [3.05, 3.63) is 22.7 Å². The van der Waals surface area contributed by atoms with Gasteiger partial charge in [0, 0.05) is 11.6 Å². The molecule has 1 fully saturated rings. The first-order chi connectivity index (χ1) is 13.3. The molecule has 2 aromatic rings. The van der Waals surface area contributed by atoms with Crippen LogP contribution in [-0.4, -0.2) is 58.2 Å². The highest BCUT2D eigenvalue weighted by Crippen LogP contribution is 2.42. The van der Waals surface area contributed by atoms with Gasteiger partial charge in [-0.15, -0.1) is 11.3 Å². The number of nitrogens with one attached hydrogen (secondary N) is 1. The van der Waals surface area contributed by atoms with Crippen molar-refractivity contribution in [2.75, 3.05) is 32.8 Å². The van der Waals surface area contributed by atoms with E-state index in [1.807, 2.05) is 0 Å². The maximum Gasteiger partial charge on any atom is 0.263 e. The molecular formula is C18H22N2O6S2. The number of sulfone groups is 1. The summed E-state index contributed by atoms with van der Waals surface area (Å²) in [6.45, 7) is 1.75. The molecule has 152 valence electrons. The number of nitrogens with zero attached hydrogens (tertiary/aromatic N) is 1. The number of hydrogen-bond donors (Lipinski definition) is 1. The number of ether oxygens (including phenoxy) is 3. The molecule has 1 saturated heterocycles. The number of methoxy groups -OCH3 is 3. The second kappa shape index (κ2) is 7.96. The van der Waals surface area contributed by atoms with E-state index in [9.17, 15) is 13.2 Å². The highest BCUT2D eigenvalue weighted by molar-refractivity contribution is 7.91. The molecule has 0 bridgehead atoms. The Morgan fingerprint density at radius 2 is 1.82 bits per heavy atom. The predicted molar refractivity (Wildman–Crippen MR) is 106 cm³/mol. The van der Waals surface area contributed by atoms with Crippen molar-refractivity contribution in [1.29, 1.82) is 0 Å². The molecule has 0 spiro atoms. The van der Waals surface area contributed by atoms with Gasteiger partial charge in [-0.1, -0.05) is 0 Å². The normalized spacial score (nSPS) is 17.9. The summed E-state index contributed by atoms with van der Waals surface area (Å²) in [6.07, 6.45) is 0.436. The SMILES string of the molecule is COc1cc(-c2nc(C)c(C(=O)N[C@@H]3CCS(=O)(=O)C3)s2)cc(OC)c1OC. The summed E-state index contributed by atoms with van der Waals surface area (Å²) in [7, 11) is 1.53. The van der Waals surface area contributed by atoms with Crippen LogP contribution in [0.4, 0.5) is 0 Å². The van der Waals surface area contributed by atoms with Crippen LogP contribution in [0.25, 0.3) is 10.6 Å². The van der Waals surface area contributed by atoms with Crippen molar-refractivity contribution >= 4 is 27.1 Å². The summed E-state index contributed by atoms with van der Waals surface area (Å²) in [5.41, 5.74) is 1.30. The molecule has 1 atom stereocenters. The highest BCUT2D eigenvalue weighted by Gasteiger charge is 2.30. The molecule has 0 radical (unpaired) electrons. The quantitative estimate of drug-likeness (QED) is 0.754. The first-order valence-corrected chi connectivity index (χ1v) is 11.2. The molecule has 1 aliphatic heterocycles. The van der Waals surface area contributed by atoms with Gasteiger partial charge in [0.15, 0.2) is 21.3 Å². The molecule has 1 aromatic carbocycles. The smallest absolute Gasteiger partial charge is 0.263 e. The minimum absolute atomic E-state index is 0.0175. The second-order valence-corrected chi connectivity index (χ2v) is 9.65. The maximum absolute atomic E-state index is 12.6. The number of aryl methyl sites for hydroxylation is 1. The molecule has 0 unspecified atom stereocenters. The maximum atomic E-state index is 12.6. The lowest BCUT2D eigenvalue weighted by Crippen LogP contribution is -2.35. The Balaban J connectivity index is 1.89. The standard InChI is InChI=1S/C18H22N2O6S2/c1-10-16(17(21)20-12-5-6-28(22,23)9-12)27-18(19-10)11-7-13(24-2)15(26-4)14(8-11)25-3/h7-8,12H,5-6,9H2,1-4H3,(H,20,21)/t12-/m1/s1. The fourth-order valence-corrected chi connectivity index (χ4v) is 5.72. The van der Waals surface area contributed by atoms with E-state index in [2.05, 4.69) is 10.3 Å². The van der Waals surface area contributed by atoms with Crippen molar-refractivity contribution in [2.24, 2.45) is 0 Å². The molecule has 28 heavy (non-hydrogen) atoms. The largest absolute Gasteiger partial charge is 0.493 e. The van der Waals surface area contributed by atoms with Gasteiger partial charge in [-0.2, -0.15) is 0 Å². The molecule has 0 saturated carbocycles. The van der Waals surface area contributed by atoms with Crippen molar-refractivity contribution < 1.29 is 27.4 Å². The Morgan fingerprint density at radius 3 is 2.32 bits per heavy atom. The van der Waals surface area contributed by atoms with Crippen molar-refractivity contribution in [3.8, 4) is 27.8 Å². The summed E-state index contributed by atoms with van der Waals surface area (Å²) >= 11 is 1.23. The molecule has 1 aliphatic rings. The lowest BCUT2D eigenvalue weighted by Gasteiger charge is -2.13. The van der Waals surface area contributed by atoms with E-state index in [0.717, 1.165) is 5.56 Å². The van der Waals surface area contributed by atoms with Gasteiger partial charge in [0.2, 0.25) is 5.75 Å². The van der Waals surface area contributed by atoms with Crippen LogP contribution in [0.15, 0.2) is 12.1 Å². The van der Waals surface area contributed by atoms with Gasteiger partial charge in [0.05, 0.1) is 38.5 Å². The minimum atomic E-state index is -3.06. The summed E-state index contributed by atoms with van der Waals surface area (Å²) in [5.74, 6) is 1.24. The number of hydrogen-bond acceptors (Lipinski definition) is 8. The topological polar surface area (TPSA) is 104 Å². The number of amides is 1. The van der Waals surface area contributed by atoms with E-state index in [1.165, 1.54) is 32.7 Å². The Hall–Kier alpha value is -2.33. The Bertz CT molecular complexity index is 974. The minimum Gasteiger partial charge on any atom is -0.493 e. The van der Waals surface area contributed by atoms with Crippen LogP contribution in [-0.2, 0) is 9.84 Å². The molecule has 1 amide bonds. The van der Waals surface area contributed by atoms with E-state index in [4.69, 9.17) is 14.2 Å². The molecule has 8 nitrogen and oxygen atoms in total. The Morgan fingerprint density at radius 1 is 1.18 bits per heavy atom. The summed E-state index contributed by atoms with van der Waals surface area (Å²) in [6, 6.07) is 3.18.